The Balaban J connectivity index is 4.81. The van der Waals surface area contributed by atoms with E-state index in [1.165, 1.54) is 7.05 Å². The summed E-state index contributed by atoms with van der Waals surface area (Å²) in [5.41, 5.74) is 4.55. The maximum absolute atomic E-state index is 12.0. The topological polar surface area (TPSA) is 101 Å². The molecule has 0 rings (SSSR count). The maximum Gasteiger partial charge on any atom is 0.226 e. The van der Waals surface area contributed by atoms with Crippen LogP contribution in [0.5, 0.6) is 0 Å². The van der Waals surface area contributed by atoms with Crippen molar-refractivity contribution < 1.29 is 13.2 Å². The van der Waals surface area contributed by atoms with Crippen LogP contribution >= 0.6 is 12.2 Å². The number of hydrogen-bond acceptors (Lipinski definition) is 4. The van der Waals surface area contributed by atoms with Gasteiger partial charge in [0.25, 0.3) is 0 Å². The highest BCUT2D eigenvalue weighted by molar-refractivity contribution is 7.93. The fourth-order valence-corrected chi connectivity index (χ4v) is 3.43. The van der Waals surface area contributed by atoms with Gasteiger partial charge in [0.1, 0.15) is 5.25 Å². The third-order valence-electron chi connectivity index (χ3n) is 2.62. The number of carbonyl (C=O) groups is 1. The number of amides is 1. The van der Waals surface area contributed by atoms with Gasteiger partial charge in [0.15, 0.2) is 0 Å². The first-order valence-corrected chi connectivity index (χ1v) is 7.54. The Labute approximate surface area is 114 Å². The van der Waals surface area contributed by atoms with E-state index in [1.807, 2.05) is 0 Å². The molecular weight excluding hydrogens is 274 g/mol. The number of sulfonamides is 1. The molecule has 18 heavy (non-hydrogen) atoms. The number of rotatable bonds is 7. The highest BCUT2D eigenvalue weighted by Crippen LogP contribution is 2.15. The van der Waals surface area contributed by atoms with Crippen LogP contribution in [0.3, 0.4) is 0 Å². The standard InChI is InChI=1S/C10H21N3O3S2/c1-5-7(8(11)17)18(15,16)13-6-10(2,3)9(14)12-4/h7,13H,5-6H2,1-4H3,(H2,11,17)(H,12,14). The molecule has 0 bridgehead atoms. The quantitative estimate of drug-likeness (QED) is 0.562. The number of hydrogen-bond donors (Lipinski definition) is 3. The summed E-state index contributed by atoms with van der Waals surface area (Å²) in [5, 5.41) is 1.57. The van der Waals surface area contributed by atoms with Gasteiger partial charge >= 0.3 is 0 Å². The van der Waals surface area contributed by atoms with Crippen molar-refractivity contribution in [3.8, 4) is 0 Å². The maximum atomic E-state index is 12.0. The molecule has 106 valence electrons. The van der Waals surface area contributed by atoms with Crippen molar-refractivity contribution >= 4 is 33.1 Å². The largest absolute Gasteiger partial charge is 0.392 e. The molecule has 0 aliphatic heterocycles. The minimum atomic E-state index is -3.64. The Morgan fingerprint density at radius 1 is 1.44 bits per heavy atom. The molecule has 6 nitrogen and oxygen atoms in total. The second-order valence-electron chi connectivity index (χ2n) is 4.63. The summed E-state index contributed by atoms with van der Waals surface area (Å²) in [4.78, 5) is 11.5. The van der Waals surface area contributed by atoms with Gasteiger partial charge in [-0.15, -0.1) is 0 Å². The molecule has 0 aliphatic rings. The van der Waals surface area contributed by atoms with Crippen LogP contribution in [0, 0.1) is 5.41 Å². The number of thiocarbonyl (C=S) groups is 1. The molecule has 0 saturated heterocycles. The van der Waals surface area contributed by atoms with Crippen LogP contribution in [-0.2, 0) is 14.8 Å². The van der Waals surface area contributed by atoms with Crippen LogP contribution < -0.4 is 15.8 Å². The molecule has 0 fully saturated rings. The highest BCUT2D eigenvalue weighted by Gasteiger charge is 2.32. The van der Waals surface area contributed by atoms with Gasteiger partial charge in [-0.2, -0.15) is 0 Å². The van der Waals surface area contributed by atoms with Gasteiger partial charge in [0, 0.05) is 13.6 Å². The van der Waals surface area contributed by atoms with Crippen LogP contribution in [0.15, 0.2) is 0 Å². The predicted octanol–water partition coefficient (Wildman–Crippen LogP) is -0.257. The molecule has 0 radical (unpaired) electrons. The molecule has 1 unspecified atom stereocenters. The minimum Gasteiger partial charge on any atom is -0.392 e. The zero-order valence-corrected chi connectivity index (χ0v) is 12.7. The van der Waals surface area contributed by atoms with E-state index < -0.39 is 20.7 Å². The van der Waals surface area contributed by atoms with E-state index in [4.69, 9.17) is 18.0 Å². The Morgan fingerprint density at radius 2 is 1.94 bits per heavy atom. The van der Waals surface area contributed by atoms with Crippen LogP contribution in [0.1, 0.15) is 27.2 Å². The molecular formula is C10H21N3O3S2. The first kappa shape index (κ1) is 17.3. The third-order valence-corrected chi connectivity index (χ3v) is 4.94. The predicted molar refractivity (Wildman–Crippen MR) is 75.6 cm³/mol. The van der Waals surface area contributed by atoms with E-state index in [0.717, 1.165) is 0 Å². The smallest absolute Gasteiger partial charge is 0.226 e. The van der Waals surface area contributed by atoms with E-state index >= 15 is 0 Å². The Kier molecular flexibility index (Phi) is 6.18. The summed E-state index contributed by atoms with van der Waals surface area (Å²) in [6, 6.07) is 0. The van der Waals surface area contributed by atoms with Gasteiger partial charge in [-0.1, -0.05) is 19.1 Å². The van der Waals surface area contributed by atoms with Gasteiger partial charge in [0.05, 0.1) is 10.4 Å². The van der Waals surface area contributed by atoms with E-state index in [1.54, 1.807) is 20.8 Å². The SMILES string of the molecule is CCC(C(N)=S)S(=O)(=O)NCC(C)(C)C(=O)NC. The van der Waals surface area contributed by atoms with Crippen molar-refractivity contribution in [3.63, 3.8) is 0 Å². The fourth-order valence-electron chi connectivity index (χ4n) is 1.37. The molecule has 0 aromatic heterocycles. The number of nitrogens with one attached hydrogen (secondary N) is 2. The average Bonchev–Trinajstić information content (AvgIpc) is 2.25. The lowest BCUT2D eigenvalue weighted by Gasteiger charge is -2.24. The summed E-state index contributed by atoms with van der Waals surface area (Å²) in [5.74, 6) is -0.242. The zero-order valence-electron chi connectivity index (χ0n) is 11.1. The van der Waals surface area contributed by atoms with Crippen LogP contribution in [0.25, 0.3) is 0 Å². The monoisotopic (exact) mass is 295 g/mol. The molecule has 8 heteroatoms. The third kappa shape index (κ3) is 4.51. The molecule has 0 aromatic rings. The van der Waals surface area contributed by atoms with Crippen molar-refractivity contribution in [2.45, 2.75) is 32.4 Å². The van der Waals surface area contributed by atoms with Gasteiger partial charge in [-0.3, -0.25) is 4.79 Å². The molecule has 0 heterocycles. The molecule has 1 amide bonds. The van der Waals surface area contributed by atoms with E-state index in [9.17, 15) is 13.2 Å². The lowest BCUT2D eigenvalue weighted by molar-refractivity contribution is -0.128. The van der Waals surface area contributed by atoms with Gasteiger partial charge in [0.2, 0.25) is 15.9 Å². The van der Waals surface area contributed by atoms with Gasteiger partial charge in [-0.25, -0.2) is 13.1 Å². The molecule has 0 saturated carbocycles. The van der Waals surface area contributed by atoms with Crippen molar-refractivity contribution in [1.82, 2.24) is 10.0 Å². The molecule has 1 atom stereocenters. The van der Waals surface area contributed by atoms with Gasteiger partial charge < -0.3 is 11.1 Å². The van der Waals surface area contributed by atoms with Crippen LogP contribution in [0.4, 0.5) is 0 Å². The molecule has 4 N–H and O–H groups in total. The van der Waals surface area contributed by atoms with Crippen molar-refractivity contribution in [1.29, 1.82) is 0 Å². The summed E-state index contributed by atoms with van der Waals surface area (Å²) >= 11 is 4.73. The molecule has 0 aliphatic carbocycles. The second kappa shape index (κ2) is 6.44. The van der Waals surface area contributed by atoms with Crippen LogP contribution in [-0.4, -0.2) is 38.2 Å². The summed E-state index contributed by atoms with van der Waals surface area (Å²) in [6.45, 7) is 4.98. The van der Waals surface area contributed by atoms with Crippen molar-refractivity contribution in [2.75, 3.05) is 13.6 Å². The second-order valence-corrected chi connectivity index (χ2v) is 7.05. The number of carbonyl (C=O) groups excluding carboxylic acids is 1. The fraction of sp³-hybridized carbons (Fsp3) is 0.800. The van der Waals surface area contributed by atoms with Crippen molar-refractivity contribution in [2.24, 2.45) is 11.1 Å². The first-order valence-electron chi connectivity index (χ1n) is 5.58. The Morgan fingerprint density at radius 3 is 2.28 bits per heavy atom. The Hall–Kier alpha value is -0.730. The minimum absolute atomic E-state index is 0.00583. The molecule has 0 aromatic carbocycles. The zero-order chi connectivity index (χ0) is 14.6. The molecule has 0 spiro atoms. The normalized spacial score (nSPS) is 14.0. The first-order chi connectivity index (χ1) is 8.08. The van der Waals surface area contributed by atoms with E-state index in [-0.39, 0.29) is 17.4 Å². The lowest BCUT2D eigenvalue weighted by atomic mass is 9.93. The van der Waals surface area contributed by atoms with Crippen LogP contribution in [0.2, 0.25) is 0 Å². The summed E-state index contributed by atoms with van der Waals surface area (Å²) < 4.78 is 26.3. The Bertz CT molecular complexity index is 418. The van der Waals surface area contributed by atoms with Crippen molar-refractivity contribution in [3.05, 3.63) is 0 Å². The lowest BCUT2D eigenvalue weighted by Crippen LogP contribution is -2.48. The van der Waals surface area contributed by atoms with Gasteiger partial charge in [-0.05, 0) is 20.3 Å². The number of nitrogens with two attached hydrogens (primary N) is 1. The average molecular weight is 295 g/mol. The summed E-state index contributed by atoms with van der Waals surface area (Å²) in [7, 11) is -2.14. The van der Waals surface area contributed by atoms with E-state index in [0.29, 0.717) is 6.42 Å². The summed E-state index contributed by atoms with van der Waals surface area (Å²) in [6.07, 6.45) is 0.297. The van der Waals surface area contributed by atoms with E-state index in [2.05, 4.69) is 10.0 Å². The highest BCUT2D eigenvalue weighted by atomic mass is 32.2.